The van der Waals surface area contributed by atoms with Crippen LogP contribution in [0.2, 0.25) is 0 Å². The fourth-order valence-electron chi connectivity index (χ4n) is 2.06. The van der Waals surface area contributed by atoms with E-state index in [1.54, 1.807) is 13.8 Å². The number of hydrogen-bond acceptors (Lipinski definition) is 9. The summed E-state index contributed by atoms with van der Waals surface area (Å²) in [6.45, 7) is 3.64. The zero-order valence-corrected chi connectivity index (χ0v) is 16.0. The van der Waals surface area contributed by atoms with Gasteiger partial charge in [-0.1, -0.05) is 28.9 Å². The number of hydrazone groups is 1. The molecule has 0 aliphatic rings. The summed E-state index contributed by atoms with van der Waals surface area (Å²) in [6.07, 6.45) is 1.24. The van der Waals surface area contributed by atoms with E-state index in [0.29, 0.717) is 5.71 Å². The molecule has 3 rings (SSSR count). The second-order valence-electron chi connectivity index (χ2n) is 5.53. The molecule has 3 aromatic rings. The summed E-state index contributed by atoms with van der Waals surface area (Å²) in [5, 5.41) is 17.9. The molecule has 1 N–H and O–H groups in total. The molecule has 0 bridgehead atoms. The summed E-state index contributed by atoms with van der Waals surface area (Å²) in [6, 6.07) is 7.80. The quantitative estimate of drug-likeness (QED) is 0.277. The molecule has 0 saturated heterocycles. The number of carbonyl (C=O) groups is 1. The lowest BCUT2D eigenvalue weighted by Gasteiger charge is -2.07. The number of amides is 1. The van der Waals surface area contributed by atoms with Crippen LogP contribution in [0.4, 0.5) is 5.95 Å². The summed E-state index contributed by atoms with van der Waals surface area (Å²) in [4.78, 5) is 30.2. The molecular weight excluding hydrogens is 390 g/mol. The molecule has 0 unspecified atom stereocenters. The average Bonchev–Trinajstić information content (AvgIpc) is 3.25. The van der Waals surface area contributed by atoms with Gasteiger partial charge in [-0.3, -0.25) is 4.79 Å². The molecule has 10 nitrogen and oxygen atoms in total. The summed E-state index contributed by atoms with van der Waals surface area (Å²) in [7, 11) is 0. The lowest BCUT2D eigenvalue weighted by molar-refractivity contribution is -0.394. The van der Waals surface area contributed by atoms with Crippen LogP contribution < -0.4 is 5.43 Å². The summed E-state index contributed by atoms with van der Waals surface area (Å²) in [5.41, 5.74) is 3.93. The monoisotopic (exact) mass is 405 g/mol. The Morgan fingerprint density at radius 2 is 2.26 bits per heavy atom. The van der Waals surface area contributed by atoms with Crippen LogP contribution in [0.5, 0.6) is 0 Å². The van der Waals surface area contributed by atoms with Gasteiger partial charge in [0.25, 0.3) is 5.91 Å². The van der Waals surface area contributed by atoms with Crippen LogP contribution in [0.25, 0.3) is 10.2 Å². The highest BCUT2D eigenvalue weighted by Gasteiger charge is 2.17. The van der Waals surface area contributed by atoms with Gasteiger partial charge in [0.05, 0.1) is 27.7 Å². The second-order valence-corrected chi connectivity index (χ2v) is 8.15. The number of nitro groups is 1. The third-order valence-electron chi connectivity index (χ3n) is 3.36. The fraction of sp³-hybridized carbons (Fsp3) is 0.267. The Morgan fingerprint density at radius 1 is 1.48 bits per heavy atom. The molecule has 0 aliphatic carbocycles. The normalized spacial score (nSPS) is 12.9. The van der Waals surface area contributed by atoms with Gasteiger partial charge in [-0.05, 0) is 30.9 Å². The van der Waals surface area contributed by atoms with E-state index < -0.39 is 10.9 Å². The number of thiazole rings is 1. The van der Waals surface area contributed by atoms with Crippen molar-refractivity contribution < 1.29 is 9.72 Å². The number of para-hydroxylation sites is 1. The van der Waals surface area contributed by atoms with Crippen molar-refractivity contribution in [1.82, 2.24) is 25.2 Å². The van der Waals surface area contributed by atoms with Gasteiger partial charge in [0.15, 0.2) is 4.34 Å². The van der Waals surface area contributed by atoms with Crippen molar-refractivity contribution in [3.05, 3.63) is 40.7 Å². The molecule has 0 fully saturated rings. The molecule has 27 heavy (non-hydrogen) atoms. The Hall–Kier alpha value is -2.86. The molecule has 0 radical (unpaired) electrons. The van der Waals surface area contributed by atoms with Gasteiger partial charge >= 0.3 is 5.95 Å². The minimum absolute atomic E-state index is 0.181. The van der Waals surface area contributed by atoms with Crippen molar-refractivity contribution in [3.8, 4) is 0 Å². The molecule has 1 aromatic carbocycles. The molecule has 1 atom stereocenters. The van der Waals surface area contributed by atoms with Crippen LogP contribution >= 0.6 is 23.1 Å². The Kier molecular flexibility index (Phi) is 5.76. The number of thioether (sulfide) groups is 1. The highest BCUT2D eigenvalue weighted by atomic mass is 32.2. The molecule has 12 heteroatoms. The fourth-order valence-corrected chi connectivity index (χ4v) is 4.27. The van der Waals surface area contributed by atoms with Gasteiger partial charge in [-0.15, -0.1) is 11.3 Å². The van der Waals surface area contributed by atoms with Crippen molar-refractivity contribution in [3.63, 3.8) is 0 Å². The number of rotatable bonds is 7. The highest BCUT2D eigenvalue weighted by molar-refractivity contribution is 8.02. The number of nitrogens with zero attached hydrogens (tertiary/aromatic N) is 6. The zero-order chi connectivity index (χ0) is 19.4. The minimum atomic E-state index is -0.675. The van der Waals surface area contributed by atoms with E-state index in [9.17, 15) is 14.9 Å². The number of carbonyl (C=O) groups excluding carboxylic acids is 1. The highest BCUT2D eigenvalue weighted by Crippen LogP contribution is 2.31. The topological polar surface area (TPSA) is 128 Å². The SMILES string of the molecule is C/C(Cn1cnc([N+](=O)[O-])n1)=N/NC(=O)[C@H](C)Sc1nc2ccccc2s1. The lowest BCUT2D eigenvalue weighted by atomic mass is 10.3. The summed E-state index contributed by atoms with van der Waals surface area (Å²) >= 11 is 2.90. The molecule has 0 spiro atoms. The van der Waals surface area contributed by atoms with E-state index in [0.717, 1.165) is 14.6 Å². The number of hydrogen-bond donors (Lipinski definition) is 1. The maximum atomic E-state index is 12.2. The van der Waals surface area contributed by atoms with Gasteiger partial charge in [-0.2, -0.15) is 9.78 Å². The van der Waals surface area contributed by atoms with Crippen molar-refractivity contribution >= 4 is 50.9 Å². The second kappa shape index (κ2) is 8.22. The molecule has 0 saturated carbocycles. The molecule has 2 aromatic heterocycles. The number of benzene rings is 1. The first-order valence-electron chi connectivity index (χ1n) is 7.81. The minimum Gasteiger partial charge on any atom is -0.390 e. The van der Waals surface area contributed by atoms with Crippen LogP contribution in [-0.2, 0) is 11.3 Å². The Morgan fingerprint density at radius 3 is 2.96 bits per heavy atom. The first-order valence-corrected chi connectivity index (χ1v) is 9.51. The van der Waals surface area contributed by atoms with Crippen LogP contribution in [-0.4, -0.2) is 41.5 Å². The first kappa shape index (κ1) is 18.9. The van der Waals surface area contributed by atoms with Crippen molar-refractivity contribution in [1.29, 1.82) is 0 Å². The van der Waals surface area contributed by atoms with E-state index in [1.807, 2.05) is 24.3 Å². The smallest absolute Gasteiger partial charge is 0.390 e. The maximum Gasteiger partial charge on any atom is 0.490 e. The van der Waals surface area contributed by atoms with Crippen LogP contribution in [0, 0.1) is 10.1 Å². The third kappa shape index (κ3) is 4.86. The molecule has 140 valence electrons. The third-order valence-corrected chi connectivity index (χ3v) is 5.59. The van der Waals surface area contributed by atoms with E-state index >= 15 is 0 Å². The molecule has 2 heterocycles. The number of fused-ring (bicyclic) bond motifs is 1. The Labute approximate surface area is 161 Å². The van der Waals surface area contributed by atoms with Gasteiger partial charge in [0, 0.05) is 5.10 Å². The Balaban J connectivity index is 1.55. The standard InChI is InChI=1S/C15H15N7O3S2/c1-9(7-21-8-16-14(20-21)22(24)25)18-19-13(23)10(2)26-15-17-11-5-3-4-6-12(11)27-15/h3-6,8,10H,7H2,1-2H3,(H,19,23)/b18-9-/t10-/m0/s1. The molecule has 0 aliphatic heterocycles. The van der Waals surface area contributed by atoms with Crippen molar-refractivity contribution in [2.45, 2.75) is 30.0 Å². The van der Waals surface area contributed by atoms with Crippen LogP contribution in [0.15, 0.2) is 40.0 Å². The van der Waals surface area contributed by atoms with E-state index in [1.165, 1.54) is 34.1 Å². The predicted octanol–water partition coefficient (Wildman–Crippen LogP) is 2.47. The van der Waals surface area contributed by atoms with Crippen molar-refractivity contribution in [2.75, 3.05) is 0 Å². The van der Waals surface area contributed by atoms with Gasteiger partial charge in [0.1, 0.15) is 0 Å². The zero-order valence-electron chi connectivity index (χ0n) is 14.4. The van der Waals surface area contributed by atoms with Gasteiger partial charge in [-0.25, -0.2) is 10.4 Å². The number of aromatic nitrogens is 4. The predicted molar refractivity (Wildman–Crippen MR) is 103 cm³/mol. The summed E-state index contributed by atoms with van der Waals surface area (Å²) < 4.78 is 3.17. The average molecular weight is 405 g/mol. The maximum absolute atomic E-state index is 12.2. The summed E-state index contributed by atoms with van der Waals surface area (Å²) in [5.74, 6) is -0.740. The van der Waals surface area contributed by atoms with E-state index in [2.05, 4.69) is 25.6 Å². The molecule has 1 amide bonds. The Bertz CT molecular complexity index is 981. The van der Waals surface area contributed by atoms with Gasteiger partial charge < -0.3 is 10.1 Å². The largest absolute Gasteiger partial charge is 0.490 e. The first-order chi connectivity index (χ1) is 12.9. The van der Waals surface area contributed by atoms with Crippen LogP contribution in [0.1, 0.15) is 13.8 Å². The molecular formula is C15H15N7O3S2. The van der Waals surface area contributed by atoms with Gasteiger partial charge in [0.2, 0.25) is 6.33 Å². The lowest BCUT2D eigenvalue weighted by Crippen LogP contribution is -2.28. The number of nitrogens with one attached hydrogen (secondary N) is 1. The van der Waals surface area contributed by atoms with E-state index in [4.69, 9.17) is 0 Å². The van der Waals surface area contributed by atoms with E-state index in [-0.39, 0.29) is 17.7 Å². The van der Waals surface area contributed by atoms with Crippen LogP contribution in [0.3, 0.4) is 0 Å². The van der Waals surface area contributed by atoms with Crippen molar-refractivity contribution in [2.24, 2.45) is 5.10 Å².